The highest BCUT2D eigenvalue weighted by molar-refractivity contribution is 6.05. The van der Waals surface area contributed by atoms with Crippen LogP contribution in [0.1, 0.15) is 17.5 Å². The van der Waals surface area contributed by atoms with E-state index in [1.54, 1.807) is 7.11 Å². The molecule has 3 aromatic rings. The summed E-state index contributed by atoms with van der Waals surface area (Å²) in [5.41, 5.74) is 2.97. The lowest BCUT2D eigenvalue weighted by molar-refractivity contribution is -0.130. The summed E-state index contributed by atoms with van der Waals surface area (Å²) in [6.45, 7) is 0.596. The molecular weight excluding hydrogens is 396 g/mol. The van der Waals surface area contributed by atoms with E-state index in [1.807, 2.05) is 54.7 Å². The van der Waals surface area contributed by atoms with Crippen molar-refractivity contribution >= 4 is 28.7 Å². The topological polar surface area (TPSA) is 104 Å². The lowest BCUT2D eigenvalue weighted by Gasteiger charge is -2.13. The standard InChI is InChI=1S/C23H24N4O4/c1-31-17-8-6-15(7-9-17)13-25-21(28)12-20-22(29)27(23(30)26-20)11-10-16-14-24-19-5-3-2-4-18(16)19/h2-9,14,20,24H,10-13H2,1H3,(H,25,28)(H,26,30). The van der Waals surface area contributed by atoms with E-state index in [-0.39, 0.29) is 24.8 Å². The van der Waals surface area contributed by atoms with Crippen molar-refractivity contribution in [2.24, 2.45) is 0 Å². The maximum absolute atomic E-state index is 12.7. The van der Waals surface area contributed by atoms with Crippen LogP contribution in [0.3, 0.4) is 0 Å². The molecule has 2 aromatic carbocycles. The van der Waals surface area contributed by atoms with Gasteiger partial charge in [-0.05, 0) is 35.7 Å². The average Bonchev–Trinajstić information content (AvgIpc) is 3.31. The van der Waals surface area contributed by atoms with Crippen molar-refractivity contribution in [2.45, 2.75) is 25.4 Å². The number of amides is 4. The molecule has 1 unspecified atom stereocenters. The molecule has 1 aromatic heterocycles. The van der Waals surface area contributed by atoms with Crippen molar-refractivity contribution in [2.75, 3.05) is 13.7 Å². The van der Waals surface area contributed by atoms with E-state index < -0.39 is 12.1 Å². The van der Waals surface area contributed by atoms with Gasteiger partial charge in [-0.1, -0.05) is 30.3 Å². The number of imide groups is 1. The fourth-order valence-corrected chi connectivity index (χ4v) is 3.70. The molecule has 1 saturated heterocycles. The number of carbonyl (C=O) groups excluding carboxylic acids is 3. The van der Waals surface area contributed by atoms with Gasteiger partial charge in [-0.15, -0.1) is 0 Å². The number of carbonyl (C=O) groups is 3. The molecule has 8 nitrogen and oxygen atoms in total. The van der Waals surface area contributed by atoms with Crippen LogP contribution in [0.5, 0.6) is 5.75 Å². The molecule has 0 spiro atoms. The van der Waals surface area contributed by atoms with Gasteiger partial charge in [0.25, 0.3) is 5.91 Å². The Labute approximate surface area is 179 Å². The minimum Gasteiger partial charge on any atom is -0.497 e. The Bertz CT molecular complexity index is 1110. The zero-order chi connectivity index (χ0) is 21.8. The summed E-state index contributed by atoms with van der Waals surface area (Å²) >= 11 is 0. The molecule has 3 N–H and O–H groups in total. The number of ether oxygens (including phenoxy) is 1. The highest BCUT2D eigenvalue weighted by Gasteiger charge is 2.38. The summed E-state index contributed by atoms with van der Waals surface area (Å²) in [5, 5.41) is 6.47. The number of hydrogen-bond acceptors (Lipinski definition) is 4. The molecule has 0 saturated carbocycles. The molecule has 4 amide bonds. The third-order valence-corrected chi connectivity index (χ3v) is 5.42. The largest absolute Gasteiger partial charge is 0.497 e. The first-order valence-electron chi connectivity index (χ1n) is 10.1. The molecule has 1 aliphatic rings. The average molecular weight is 420 g/mol. The van der Waals surface area contributed by atoms with Gasteiger partial charge in [-0.2, -0.15) is 0 Å². The number of para-hydroxylation sites is 1. The summed E-state index contributed by atoms with van der Waals surface area (Å²) in [7, 11) is 1.59. The SMILES string of the molecule is COc1ccc(CNC(=O)CC2NC(=O)N(CCc3c[nH]c4ccccc34)C2=O)cc1. The Balaban J connectivity index is 1.29. The van der Waals surface area contributed by atoms with Crippen LogP contribution in [-0.2, 0) is 22.6 Å². The second-order valence-electron chi connectivity index (χ2n) is 7.43. The number of fused-ring (bicyclic) bond motifs is 1. The van der Waals surface area contributed by atoms with Crippen molar-refractivity contribution in [1.82, 2.24) is 20.5 Å². The molecule has 2 heterocycles. The number of benzene rings is 2. The first-order chi connectivity index (χ1) is 15.0. The van der Waals surface area contributed by atoms with Crippen LogP contribution in [0, 0.1) is 0 Å². The molecular formula is C23H24N4O4. The molecule has 160 valence electrons. The van der Waals surface area contributed by atoms with Crippen molar-refractivity contribution < 1.29 is 19.1 Å². The smallest absolute Gasteiger partial charge is 0.324 e. The zero-order valence-electron chi connectivity index (χ0n) is 17.2. The van der Waals surface area contributed by atoms with Crippen LogP contribution in [0.4, 0.5) is 4.79 Å². The summed E-state index contributed by atoms with van der Waals surface area (Å²) in [5.74, 6) is 0.0689. The van der Waals surface area contributed by atoms with E-state index in [4.69, 9.17) is 4.74 Å². The quantitative estimate of drug-likeness (QED) is 0.487. The van der Waals surface area contributed by atoms with Gasteiger partial charge in [-0.3, -0.25) is 14.5 Å². The summed E-state index contributed by atoms with van der Waals surface area (Å²) in [6.07, 6.45) is 2.34. The minimum absolute atomic E-state index is 0.0929. The third-order valence-electron chi connectivity index (χ3n) is 5.42. The number of urea groups is 1. The Morgan fingerprint density at radius 2 is 1.90 bits per heavy atom. The molecule has 8 heteroatoms. The van der Waals surface area contributed by atoms with Gasteiger partial charge in [0, 0.05) is 30.2 Å². The lowest BCUT2D eigenvalue weighted by atomic mass is 10.1. The second kappa shape index (κ2) is 8.91. The number of nitrogens with one attached hydrogen (secondary N) is 3. The summed E-state index contributed by atoms with van der Waals surface area (Å²) in [6, 6.07) is 13.9. The van der Waals surface area contributed by atoms with E-state index >= 15 is 0 Å². The molecule has 1 atom stereocenters. The van der Waals surface area contributed by atoms with E-state index in [2.05, 4.69) is 15.6 Å². The van der Waals surface area contributed by atoms with Gasteiger partial charge in [0.05, 0.1) is 13.5 Å². The van der Waals surface area contributed by atoms with Crippen molar-refractivity contribution in [3.8, 4) is 5.75 Å². The lowest BCUT2D eigenvalue weighted by Crippen LogP contribution is -2.36. The first kappa shape index (κ1) is 20.5. The number of rotatable bonds is 8. The second-order valence-corrected chi connectivity index (χ2v) is 7.43. The fraction of sp³-hybridized carbons (Fsp3) is 0.261. The van der Waals surface area contributed by atoms with Gasteiger partial charge in [-0.25, -0.2) is 4.79 Å². The van der Waals surface area contributed by atoms with E-state index in [0.717, 1.165) is 27.8 Å². The van der Waals surface area contributed by atoms with Crippen molar-refractivity contribution in [3.63, 3.8) is 0 Å². The van der Waals surface area contributed by atoms with Crippen LogP contribution in [0.15, 0.2) is 54.7 Å². The number of H-pyrrole nitrogens is 1. The van der Waals surface area contributed by atoms with Gasteiger partial charge in [0.15, 0.2) is 0 Å². The fourth-order valence-electron chi connectivity index (χ4n) is 3.70. The van der Waals surface area contributed by atoms with Crippen LogP contribution < -0.4 is 15.4 Å². The normalized spacial score (nSPS) is 15.9. The maximum Gasteiger partial charge on any atom is 0.324 e. The molecule has 0 bridgehead atoms. The van der Waals surface area contributed by atoms with Gasteiger partial charge < -0.3 is 20.4 Å². The Morgan fingerprint density at radius 3 is 2.68 bits per heavy atom. The molecule has 31 heavy (non-hydrogen) atoms. The Hall–Kier alpha value is -3.81. The van der Waals surface area contributed by atoms with Gasteiger partial charge >= 0.3 is 6.03 Å². The molecule has 1 fully saturated rings. The predicted octanol–water partition coefficient (Wildman–Crippen LogP) is 2.35. The number of nitrogens with zero attached hydrogens (tertiary/aromatic N) is 1. The molecule has 4 rings (SSSR count). The monoisotopic (exact) mass is 420 g/mol. The summed E-state index contributed by atoms with van der Waals surface area (Å²) in [4.78, 5) is 41.6. The first-order valence-corrected chi connectivity index (χ1v) is 10.1. The van der Waals surface area contributed by atoms with Crippen molar-refractivity contribution in [3.05, 3.63) is 65.9 Å². The number of aromatic nitrogens is 1. The molecule has 1 aliphatic heterocycles. The Kier molecular flexibility index (Phi) is 5.88. The third kappa shape index (κ3) is 4.53. The van der Waals surface area contributed by atoms with Crippen molar-refractivity contribution in [1.29, 1.82) is 0 Å². The Morgan fingerprint density at radius 1 is 1.13 bits per heavy atom. The van der Waals surface area contributed by atoms with Gasteiger partial charge in [0.1, 0.15) is 11.8 Å². The highest BCUT2D eigenvalue weighted by Crippen LogP contribution is 2.19. The number of aromatic amines is 1. The highest BCUT2D eigenvalue weighted by atomic mass is 16.5. The van der Waals surface area contributed by atoms with Gasteiger partial charge in [0.2, 0.25) is 5.91 Å². The number of methoxy groups -OCH3 is 1. The molecule has 0 radical (unpaired) electrons. The van der Waals surface area contributed by atoms with Crippen LogP contribution >= 0.6 is 0 Å². The van der Waals surface area contributed by atoms with Crippen LogP contribution in [0.2, 0.25) is 0 Å². The van der Waals surface area contributed by atoms with E-state index in [9.17, 15) is 14.4 Å². The number of hydrogen-bond donors (Lipinski definition) is 3. The van der Waals surface area contributed by atoms with E-state index in [1.165, 1.54) is 4.90 Å². The minimum atomic E-state index is -0.841. The summed E-state index contributed by atoms with van der Waals surface area (Å²) < 4.78 is 5.11. The molecule has 0 aliphatic carbocycles. The van der Waals surface area contributed by atoms with E-state index in [0.29, 0.717) is 13.0 Å². The van der Waals surface area contributed by atoms with Crippen LogP contribution in [0.25, 0.3) is 10.9 Å². The van der Waals surface area contributed by atoms with Crippen LogP contribution in [-0.4, -0.2) is 47.4 Å². The predicted molar refractivity (Wildman–Crippen MR) is 115 cm³/mol. The maximum atomic E-state index is 12.7. The zero-order valence-corrected chi connectivity index (χ0v) is 17.2.